The average Bonchev–Trinajstić information content (AvgIpc) is 2.53. The van der Waals surface area contributed by atoms with E-state index in [-0.39, 0.29) is 5.91 Å². The van der Waals surface area contributed by atoms with Gasteiger partial charge in [-0.25, -0.2) is 0 Å². The molecule has 0 saturated heterocycles. The summed E-state index contributed by atoms with van der Waals surface area (Å²) in [4.78, 5) is 14.0. The first kappa shape index (κ1) is 14.0. The number of amides is 1. The molecule has 0 aromatic carbocycles. The third-order valence-corrected chi connectivity index (χ3v) is 4.48. The Morgan fingerprint density at radius 1 is 1.62 bits per heavy atom. The van der Waals surface area contributed by atoms with Crippen molar-refractivity contribution in [2.75, 3.05) is 20.6 Å². The van der Waals surface area contributed by atoms with Crippen LogP contribution in [0.2, 0.25) is 4.34 Å². The molecule has 1 rings (SSSR count). The van der Waals surface area contributed by atoms with Crippen LogP contribution in [0.4, 0.5) is 0 Å². The largest absolute Gasteiger partial charge is 0.349 e. The summed E-state index contributed by atoms with van der Waals surface area (Å²) in [6.07, 6.45) is 0.521. The predicted molar refractivity (Wildman–Crippen MR) is 72.0 cm³/mol. The van der Waals surface area contributed by atoms with Crippen LogP contribution < -0.4 is 5.32 Å². The van der Waals surface area contributed by atoms with E-state index >= 15 is 0 Å². The van der Waals surface area contributed by atoms with E-state index in [4.69, 9.17) is 11.6 Å². The maximum absolute atomic E-state index is 11.3. The second-order valence-electron chi connectivity index (χ2n) is 3.55. The fraction of sp³-hybridized carbons (Fsp3) is 0.500. The molecule has 1 heterocycles. The maximum Gasteiger partial charge on any atom is 0.223 e. The molecule has 16 heavy (non-hydrogen) atoms. The lowest BCUT2D eigenvalue weighted by atomic mass is 10.3. The van der Waals surface area contributed by atoms with Gasteiger partial charge >= 0.3 is 0 Å². The summed E-state index contributed by atoms with van der Waals surface area (Å²) in [6, 6.07) is 1.99. The molecule has 0 aliphatic heterocycles. The fourth-order valence-corrected chi connectivity index (χ4v) is 2.87. The van der Waals surface area contributed by atoms with E-state index in [0.29, 0.717) is 13.0 Å². The van der Waals surface area contributed by atoms with E-state index in [1.165, 1.54) is 0 Å². The van der Waals surface area contributed by atoms with Crippen LogP contribution in [0.1, 0.15) is 11.3 Å². The summed E-state index contributed by atoms with van der Waals surface area (Å²) >= 11 is 10.8. The molecular formula is C10H14BrClN2OS. The third kappa shape index (κ3) is 4.41. The Morgan fingerprint density at radius 2 is 2.31 bits per heavy atom. The van der Waals surface area contributed by atoms with Gasteiger partial charge in [-0.3, -0.25) is 4.79 Å². The Bertz CT molecular complexity index is 348. The predicted octanol–water partition coefficient (Wildman–Crippen LogP) is 2.73. The SMILES string of the molecule is CN(C)C(=O)CCNCc1cc(Br)c(Cl)s1. The second kappa shape index (κ2) is 6.59. The fourth-order valence-electron chi connectivity index (χ4n) is 1.11. The van der Waals surface area contributed by atoms with E-state index in [1.807, 2.05) is 6.07 Å². The lowest BCUT2D eigenvalue weighted by Gasteiger charge is -2.09. The van der Waals surface area contributed by atoms with E-state index in [9.17, 15) is 4.79 Å². The summed E-state index contributed by atoms with van der Waals surface area (Å²) in [6.45, 7) is 1.43. The standard InChI is InChI=1S/C10H14BrClN2OS/c1-14(2)9(15)3-4-13-6-7-5-8(11)10(12)16-7/h5,13H,3-4,6H2,1-2H3. The highest BCUT2D eigenvalue weighted by Crippen LogP contribution is 2.31. The van der Waals surface area contributed by atoms with Gasteiger partial charge in [0.1, 0.15) is 4.34 Å². The molecule has 6 heteroatoms. The van der Waals surface area contributed by atoms with E-state index in [2.05, 4.69) is 21.2 Å². The molecule has 0 saturated carbocycles. The molecule has 0 spiro atoms. The quantitative estimate of drug-likeness (QED) is 0.844. The zero-order chi connectivity index (χ0) is 12.1. The Labute approximate surface area is 113 Å². The molecule has 0 bridgehead atoms. The lowest BCUT2D eigenvalue weighted by Crippen LogP contribution is -2.26. The number of hydrogen-bond donors (Lipinski definition) is 1. The first-order valence-electron chi connectivity index (χ1n) is 4.85. The van der Waals surface area contributed by atoms with Gasteiger partial charge in [0.05, 0.1) is 0 Å². The summed E-state index contributed by atoms with van der Waals surface area (Å²) < 4.78 is 1.70. The number of nitrogens with one attached hydrogen (secondary N) is 1. The Morgan fingerprint density at radius 3 is 2.81 bits per heavy atom. The topological polar surface area (TPSA) is 32.3 Å². The van der Waals surface area contributed by atoms with Crippen molar-refractivity contribution in [2.24, 2.45) is 0 Å². The van der Waals surface area contributed by atoms with Crippen molar-refractivity contribution in [3.8, 4) is 0 Å². The molecule has 90 valence electrons. The summed E-state index contributed by atoms with van der Waals surface area (Å²) in [5.41, 5.74) is 0. The normalized spacial score (nSPS) is 10.5. The van der Waals surface area contributed by atoms with Gasteiger partial charge in [0.15, 0.2) is 0 Å². The number of nitrogens with zero attached hydrogens (tertiary/aromatic N) is 1. The minimum atomic E-state index is 0.137. The van der Waals surface area contributed by atoms with Crippen LogP contribution in [-0.2, 0) is 11.3 Å². The highest BCUT2D eigenvalue weighted by molar-refractivity contribution is 9.10. The Balaban J connectivity index is 2.23. The minimum Gasteiger partial charge on any atom is -0.349 e. The molecule has 1 N–H and O–H groups in total. The van der Waals surface area contributed by atoms with Crippen LogP contribution in [0.25, 0.3) is 0 Å². The third-order valence-electron chi connectivity index (χ3n) is 2.01. The van der Waals surface area contributed by atoms with E-state index < -0.39 is 0 Å². The molecule has 1 aromatic heterocycles. The molecule has 0 unspecified atom stereocenters. The van der Waals surface area contributed by atoms with Crippen LogP contribution in [0.15, 0.2) is 10.5 Å². The second-order valence-corrected chi connectivity index (χ2v) is 6.14. The molecule has 0 aliphatic rings. The number of rotatable bonds is 5. The number of carbonyl (C=O) groups excluding carboxylic acids is 1. The molecule has 1 amide bonds. The summed E-state index contributed by atoms with van der Waals surface area (Å²) in [5, 5.41) is 3.21. The molecule has 0 aliphatic carbocycles. The van der Waals surface area contributed by atoms with Gasteiger partial charge < -0.3 is 10.2 Å². The van der Waals surface area contributed by atoms with Crippen molar-refractivity contribution in [3.05, 3.63) is 19.8 Å². The van der Waals surface area contributed by atoms with Crippen LogP contribution in [-0.4, -0.2) is 31.4 Å². The number of halogens is 2. The Hall–Kier alpha value is -0.100. The van der Waals surface area contributed by atoms with Crippen molar-refractivity contribution in [1.82, 2.24) is 10.2 Å². The van der Waals surface area contributed by atoms with Crippen molar-refractivity contribution in [2.45, 2.75) is 13.0 Å². The number of carbonyl (C=O) groups is 1. The molecule has 3 nitrogen and oxygen atoms in total. The Kier molecular flexibility index (Phi) is 5.75. The van der Waals surface area contributed by atoms with Gasteiger partial charge in [-0.2, -0.15) is 0 Å². The van der Waals surface area contributed by atoms with E-state index in [0.717, 1.165) is 20.2 Å². The van der Waals surface area contributed by atoms with Gasteiger partial charge in [0.25, 0.3) is 0 Å². The van der Waals surface area contributed by atoms with Crippen molar-refractivity contribution in [3.63, 3.8) is 0 Å². The first-order valence-corrected chi connectivity index (χ1v) is 6.84. The summed E-state index contributed by atoms with van der Waals surface area (Å²) in [7, 11) is 3.52. The number of hydrogen-bond acceptors (Lipinski definition) is 3. The number of thiophene rings is 1. The van der Waals surface area contributed by atoms with Gasteiger partial charge in [-0.15, -0.1) is 11.3 Å². The van der Waals surface area contributed by atoms with Crippen molar-refractivity contribution >= 4 is 44.8 Å². The van der Waals surface area contributed by atoms with Gasteiger partial charge in [-0.1, -0.05) is 11.6 Å². The lowest BCUT2D eigenvalue weighted by molar-refractivity contribution is -0.128. The molecule has 0 atom stereocenters. The van der Waals surface area contributed by atoms with E-state index in [1.54, 1.807) is 30.3 Å². The van der Waals surface area contributed by atoms with Gasteiger partial charge in [0, 0.05) is 43.0 Å². The highest BCUT2D eigenvalue weighted by Gasteiger charge is 2.05. The van der Waals surface area contributed by atoms with Crippen molar-refractivity contribution in [1.29, 1.82) is 0 Å². The highest BCUT2D eigenvalue weighted by atomic mass is 79.9. The van der Waals surface area contributed by atoms with Crippen LogP contribution in [0, 0.1) is 0 Å². The smallest absolute Gasteiger partial charge is 0.223 e. The molecule has 0 radical (unpaired) electrons. The molecular weight excluding hydrogens is 312 g/mol. The molecule has 0 fully saturated rings. The van der Waals surface area contributed by atoms with Gasteiger partial charge in [-0.05, 0) is 22.0 Å². The average molecular weight is 326 g/mol. The summed E-state index contributed by atoms with van der Waals surface area (Å²) in [5.74, 6) is 0.137. The monoisotopic (exact) mass is 324 g/mol. The zero-order valence-electron chi connectivity index (χ0n) is 9.22. The van der Waals surface area contributed by atoms with Crippen molar-refractivity contribution < 1.29 is 4.79 Å². The maximum atomic E-state index is 11.3. The van der Waals surface area contributed by atoms with Crippen LogP contribution in [0.5, 0.6) is 0 Å². The van der Waals surface area contributed by atoms with Gasteiger partial charge in [0.2, 0.25) is 5.91 Å². The zero-order valence-corrected chi connectivity index (χ0v) is 12.4. The first-order chi connectivity index (χ1) is 7.50. The minimum absolute atomic E-state index is 0.137. The molecule has 1 aromatic rings. The van der Waals surface area contributed by atoms with Crippen LogP contribution >= 0.6 is 38.9 Å². The van der Waals surface area contributed by atoms with Crippen LogP contribution in [0.3, 0.4) is 0 Å².